The number of carbonyl (C=O) groups excluding carboxylic acids is 2. The fourth-order valence-corrected chi connectivity index (χ4v) is 4.56. The Morgan fingerprint density at radius 2 is 1.64 bits per heavy atom. The highest BCUT2D eigenvalue weighted by molar-refractivity contribution is 7.89. The number of ketones is 1. The van der Waals surface area contributed by atoms with E-state index >= 15 is 0 Å². The zero-order valence-corrected chi connectivity index (χ0v) is 16.0. The highest BCUT2D eigenvalue weighted by Gasteiger charge is 2.26. The maximum atomic E-state index is 13.2. The molecule has 0 radical (unpaired) electrons. The van der Waals surface area contributed by atoms with Crippen molar-refractivity contribution in [3.63, 3.8) is 0 Å². The molecule has 8 heteroatoms. The van der Waals surface area contributed by atoms with Gasteiger partial charge < -0.3 is 4.74 Å². The van der Waals surface area contributed by atoms with Crippen LogP contribution >= 0.6 is 0 Å². The van der Waals surface area contributed by atoms with Crippen LogP contribution in [0.5, 0.6) is 0 Å². The molecule has 0 unspecified atom stereocenters. The minimum absolute atomic E-state index is 0.0142. The molecule has 0 saturated carbocycles. The number of hydrogen-bond acceptors (Lipinski definition) is 5. The summed E-state index contributed by atoms with van der Waals surface area (Å²) in [6.07, 6.45) is 2.62. The summed E-state index contributed by atoms with van der Waals surface area (Å²) in [6.45, 7) is 0.351. The average Bonchev–Trinajstić information content (AvgIpc) is 2.72. The maximum absolute atomic E-state index is 13.2. The SMILES string of the molecule is O=C(COC(=O)c1cccc(S(=O)(=O)N2CCCCC2)c1)c1cccc(F)c1. The Labute approximate surface area is 163 Å². The van der Waals surface area contributed by atoms with E-state index in [1.54, 1.807) is 0 Å². The van der Waals surface area contributed by atoms with Gasteiger partial charge in [0.05, 0.1) is 10.5 Å². The molecule has 1 aliphatic rings. The number of ether oxygens (including phenoxy) is 1. The van der Waals surface area contributed by atoms with E-state index in [-0.39, 0.29) is 16.0 Å². The molecule has 1 fully saturated rings. The molecular weight excluding hydrogens is 385 g/mol. The van der Waals surface area contributed by atoms with Crippen LogP contribution in [0, 0.1) is 5.82 Å². The van der Waals surface area contributed by atoms with E-state index < -0.39 is 34.2 Å². The van der Waals surface area contributed by atoms with Crippen LogP contribution in [-0.4, -0.2) is 44.2 Å². The van der Waals surface area contributed by atoms with Gasteiger partial charge in [0.25, 0.3) is 0 Å². The third-order valence-electron chi connectivity index (χ3n) is 4.50. The molecule has 2 aromatic rings. The highest BCUT2D eigenvalue weighted by atomic mass is 32.2. The molecule has 2 aromatic carbocycles. The fourth-order valence-electron chi connectivity index (χ4n) is 3.00. The minimum atomic E-state index is -3.68. The van der Waals surface area contributed by atoms with E-state index in [1.807, 2.05) is 0 Å². The van der Waals surface area contributed by atoms with E-state index in [9.17, 15) is 22.4 Å². The van der Waals surface area contributed by atoms with E-state index in [2.05, 4.69) is 0 Å². The first kappa shape index (κ1) is 20.2. The van der Waals surface area contributed by atoms with Gasteiger partial charge in [-0.2, -0.15) is 4.31 Å². The van der Waals surface area contributed by atoms with E-state index in [4.69, 9.17) is 4.74 Å². The standard InChI is InChI=1S/C20H20FNO5S/c21-17-8-4-6-15(12-17)19(23)14-27-20(24)16-7-5-9-18(13-16)28(25,26)22-10-2-1-3-11-22/h4-9,12-13H,1-3,10-11,14H2. The topological polar surface area (TPSA) is 80.8 Å². The van der Waals surface area contributed by atoms with E-state index in [0.717, 1.165) is 25.3 Å². The lowest BCUT2D eigenvalue weighted by atomic mass is 10.1. The minimum Gasteiger partial charge on any atom is -0.454 e. The Bertz CT molecular complexity index is 984. The van der Waals surface area contributed by atoms with Gasteiger partial charge in [0, 0.05) is 18.7 Å². The summed E-state index contributed by atoms with van der Waals surface area (Å²) in [4.78, 5) is 24.3. The summed E-state index contributed by atoms with van der Waals surface area (Å²) in [5.41, 5.74) is 0.124. The smallest absolute Gasteiger partial charge is 0.338 e. The van der Waals surface area contributed by atoms with Crippen molar-refractivity contribution in [2.24, 2.45) is 0 Å². The zero-order valence-electron chi connectivity index (χ0n) is 15.1. The third kappa shape index (κ3) is 4.63. The van der Waals surface area contributed by atoms with Crippen LogP contribution in [0.15, 0.2) is 53.4 Å². The van der Waals surface area contributed by atoms with Crippen molar-refractivity contribution in [3.8, 4) is 0 Å². The number of benzene rings is 2. The van der Waals surface area contributed by atoms with Crippen LogP contribution in [-0.2, 0) is 14.8 Å². The first-order chi connectivity index (χ1) is 13.4. The van der Waals surface area contributed by atoms with Gasteiger partial charge in [-0.05, 0) is 43.2 Å². The predicted molar refractivity (Wildman–Crippen MR) is 100 cm³/mol. The van der Waals surface area contributed by atoms with Gasteiger partial charge in [-0.15, -0.1) is 0 Å². The normalized spacial score (nSPS) is 15.2. The number of carbonyl (C=O) groups is 2. The molecule has 0 atom stereocenters. The number of piperidine rings is 1. The number of sulfonamides is 1. The first-order valence-corrected chi connectivity index (χ1v) is 10.4. The highest BCUT2D eigenvalue weighted by Crippen LogP contribution is 2.21. The van der Waals surface area contributed by atoms with Crippen molar-refractivity contribution in [3.05, 3.63) is 65.5 Å². The lowest BCUT2D eigenvalue weighted by molar-refractivity contribution is 0.0474. The van der Waals surface area contributed by atoms with Gasteiger partial charge in [-0.25, -0.2) is 17.6 Å². The molecule has 1 saturated heterocycles. The monoisotopic (exact) mass is 405 g/mol. The maximum Gasteiger partial charge on any atom is 0.338 e. The van der Waals surface area contributed by atoms with Gasteiger partial charge in [-0.3, -0.25) is 4.79 Å². The number of nitrogens with zero attached hydrogens (tertiary/aromatic N) is 1. The first-order valence-electron chi connectivity index (χ1n) is 8.94. The van der Waals surface area contributed by atoms with Crippen LogP contribution in [0.4, 0.5) is 4.39 Å². The van der Waals surface area contributed by atoms with E-state index in [1.165, 1.54) is 46.8 Å². The summed E-state index contributed by atoms with van der Waals surface area (Å²) < 4.78 is 45.0. The van der Waals surface area contributed by atoms with Crippen molar-refractivity contribution in [1.29, 1.82) is 0 Å². The van der Waals surface area contributed by atoms with Gasteiger partial charge in [-0.1, -0.05) is 24.6 Å². The van der Waals surface area contributed by atoms with Gasteiger partial charge in [0.2, 0.25) is 10.0 Å². The number of halogens is 1. The molecule has 1 heterocycles. The van der Waals surface area contributed by atoms with Crippen LogP contribution in [0.25, 0.3) is 0 Å². The van der Waals surface area contributed by atoms with Crippen LogP contribution in [0.2, 0.25) is 0 Å². The summed E-state index contributed by atoms with van der Waals surface area (Å²) in [7, 11) is -3.68. The fraction of sp³-hybridized carbons (Fsp3) is 0.300. The van der Waals surface area contributed by atoms with Crippen molar-refractivity contribution in [2.45, 2.75) is 24.2 Å². The summed E-state index contributed by atoms with van der Waals surface area (Å²) in [5, 5.41) is 0. The van der Waals surface area contributed by atoms with Crippen molar-refractivity contribution >= 4 is 21.8 Å². The lowest BCUT2D eigenvalue weighted by Gasteiger charge is -2.25. The molecule has 28 heavy (non-hydrogen) atoms. The second-order valence-corrected chi connectivity index (χ2v) is 8.44. The largest absolute Gasteiger partial charge is 0.454 e. The number of Topliss-reactive ketones (excluding diaryl/α,β-unsaturated/α-hetero) is 1. The number of esters is 1. The van der Waals surface area contributed by atoms with Gasteiger partial charge in [0.1, 0.15) is 5.82 Å². The Morgan fingerprint density at radius 1 is 0.964 bits per heavy atom. The van der Waals surface area contributed by atoms with Gasteiger partial charge >= 0.3 is 5.97 Å². The van der Waals surface area contributed by atoms with Crippen molar-refractivity contribution in [1.82, 2.24) is 4.31 Å². The second kappa shape index (κ2) is 8.62. The Hall–Kier alpha value is -2.58. The number of rotatable bonds is 6. The molecule has 0 aromatic heterocycles. The lowest BCUT2D eigenvalue weighted by Crippen LogP contribution is -2.35. The Kier molecular flexibility index (Phi) is 6.21. The molecule has 148 valence electrons. The summed E-state index contributed by atoms with van der Waals surface area (Å²) in [5.74, 6) is -1.93. The molecule has 6 nitrogen and oxygen atoms in total. The second-order valence-electron chi connectivity index (χ2n) is 6.50. The summed E-state index contributed by atoms with van der Waals surface area (Å²) >= 11 is 0. The zero-order chi connectivity index (χ0) is 20.1. The Morgan fingerprint density at radius 3 is 2.36 bits per heavy atom. The molecule has 0 N–H and O–H groups in total. The van der Waals surface area contributed by atoms with Crippen molar-refractivity contribution in [2.75, 3.05) is 19.7 Å². The molecule has 3 rings (SSSR count). The van der Waals surface area contributed by atoms with E-state index in [0.29, 0.717) is 13.1 Å². The number of hydrogen-bond donors (Lipinski definition) is 0. The average molecular weight is 405 g/mol. The van der Waals surface area contributed by atoms with Crippen LogP contribution < -0.4 is 0 Å². The molecule has 0 bridgehead atoms. The Balaban J connectivity index is 1.69. The van der Waals surface area contributed by atoms with Crippen molar-refractivity contribution < 1.29 is 27.1 Å². The molecule has 0 aliphatic carbocycles. The molecule has 0 spiro atoms. The molecule has 1 aliphatic heterocycles. The molecular formula is C20H20FNO5S. The van der Waals surface area contributed by atoms with Gasteiger partial charge in [0.15, 0.2) is 12.4 Å². The van der Waals surface area contributed by atoms with Crippen LogP contribution in [0.1, 0.15) is 40.0 Å². The predicted octanol–water partition coefficient (Wildman–Crippen LogP) is 3.04. The summed E-state index contributed by atoms with van der Waals surface area (Å²) in [6, 6.07) is 10.6. The van der Waals surface area contributed by atoms with Crippen LogP contribution in [0.3, 0.4) is 0 Å². The third-order valence-corrected chi connectivity index (χ3v) is 6.40. The molecule has 0 amide bonds. The quantitative estimate of drug-likeness (QED) is 0.545.